The minimum atomic E-state index is -3.14. The first-order valence-corrected chi connectivity index (χ1v) is 14.7. The predicted molar refractivity (Wildman–Crippen MR) is 144 cm³/mol. The van der Waals surface area contributed by atoms with Gasteiger partial charge >= 0.3 is 0 Å². The minimum Gasteiger partial charge on any atom is -0.341 e. The lowest BCUT2D eigenvalue weighted by atomic mass is 9.93. The van der Waals surface area contributed by atoms with Gasteiger partial charge in [0.2, 0.25) is 5.91 Å². The van der Waals surface area contributed by atoms with Crippen molar-refractivity contribution in [1.29, 1.82) is 0 Å². The van der Waals surface area contributed by atoms with Crippen LogP contribution in [0.2, 0.25) is 20.1 Å². The smallest absolute Gasteiger partial charge is 0.230 e. The quantitative estimate of drug-likeness (QED) is 0.462. The first kappa shape index (κ1) is 28.5. The number of hydrogen-bond donors (Lipinski definition) is 1. The number of halogens is 4. The highest BCUT2D eigenvalue weighted by molar-refractivity contribution is 7.91. The summed E-state index contributed by atoms with van der Waals surface area (Å²) in [6.07, 6.45) is 2.25. The Labute approximate surface area is 227 Å². The Morgan fingerprint density at radius 3 is 2.29 bits per heavy atom. The lowest BCUT2D eigenvalue weighted by Crippen LogP contribution is -2.51. The van der Waals surface area contributed by atoms with Crippen molar-refractivity contribution in [2.75, 3.05) is 26.4 Å². The van der Waals surface area contributed by atoms with Gasteiger partial charge in [0.1, 0.15) is 9.84 Å². The Hall–Kier alpha value is -1.06. The number of piperidine rings is 1. The van der Waals surface area contributed by atoms with Gasteiger partial charge in [-0.2, -0.15) is 0 Å². The normalized spacial score (nSPS) is 20.0. The first-order chi connectivity index (χ1) is 16.4. The van der Waals surface area contributed by atoms with Crippen molar-refractivity contribution in [3.63, 3.8) is 0 Å². The molecular weight excluding hydrogens is 552 g/mol. The van der Waals surface area contributed by atoms with E-state index in [2.05, 4.69) is 0 Å². The average Bonchev–Trinajstić information content (AvgIpc) is 2.78. The molecule has 0 bridgehead atoms. The maximum Gasteiger partial charge on any atom is 0.230 e. The van der Waals surface area contributed by atoms with Crippen molar-refractivity contribution in [2.24, 2.45) is 5.73 Å². The molecule has 0 saturated carbocycles. The molecule has 6 nitrogen and oxygen atoms in total. The zero-order valence-corrected chi connectivity index (χ0v) is 23.4. The van der Waals surface area contributed by atoms with E-state index in [1.54, 1.807) is 42.3 Å². The van der Waals surface area contributed by atoms with E-state index < -0.39 is 21.0 Å². The second-order valence-corrected chi connectivity index (χ2v) is 13.0. The third kappa shape index (κ3) is 7.48. The summed E-state index contributed by atoms with van der Waals surface area (Å²) in [5, 5.41) is 1.24. The van der Waals surface area contributed by atoms with Crippen molar-refractivity contribution in [3.8, 4) is 0 Å². The largest absolute Gasteiger partial charge is 0.341 e. The summed E-state index contributed by atoms with van der Waals surface area (Å²) >= 11 is 24.5. The van der Waals surface area contributed by atoms with Gasteiger partial charge in [-0.1, -0.05) is 58.5 Å². The van der Waals surface area contributed by atoms with Crippen LogP contribution in [-0.2, 0) is 21.2 Å². The zero-order valence-electron chi connectivity index (χ0n) is 19.6. The van der Waals surface area contributed by atoms with Crippen molar-refractivity contribution < 1.29 is 13.2 Å². The van der Waals surface area contributed by atoms with Gasteiger partial charge in [-0.15, -0.1) is 0 Å². The standard InChI is InChI=1S/C24H29Cl4N3O3S/c1-30(14-15-3-5-19(25)21(27)11-15)24(32)18(16-4-6-20(26)22(28)12-16)8-10-31-9-7-17(13-23(31)29)35(2,33)34/h3-6,11-12,17-18,23H,7-10,13-14,29H2,1-2H3. The molecule has 1 saturated heterocycles. The molecule has 0 spiro atoms. The van der Waals surface area contributed by atoms with Crippen LogP contribution in [0.15, 0.2) is 36.4 Å². The number of hydrogen-bond acceptors (Lipinski definition) is 5. The van der Waals surface area contributed by atoms with E-state index in [1.165, 1.54) is 6.26 Å². The SMILES string of the molecule is CN(Cc1ccc(Cl)c(Cl)c1)C(=O)C(CCN1CCC(S(C)(=O)=O)CC1N)c1ccc(Cl)c(Cl)c1. The number of rotatable bonds is 8. The molecule has 2 aromatic carbocycles. The van der Waals surface area contributed by atoms with Crippen molar-refractivity contribution >= 4 is 62.1 Å². The summed E-state index contributed by atoms with van der Waals surface area (Å²) in [4.78, 5) is 17.3. The number of likely N-dealkylation sites (N-methyl/N-ethyl adjacent to an activating group) is 1. The highest BCUT2D eigenvalue weighted by atomic mass is 35.5. The zero-order chi connectivity index (χ0) is 25.9. The molecule has 35 heavy (non-hydrogen) atoms. The number of carbonyl (C=O) groups is 1. The van der Waals surface area contributed by atoms with Gasteiger partial charge in [0, 0.05) is 32.9 Å². The molecule has 11 heteroatoms. The van der Waals surface area contributed by atoms with Crippen LogP contribution < -0.4 is 5.73 Å². The van der Waals surface area contributed by atoms with Gasteiger partial charge in [0.15, 0.2) is 0 Å². The minimum absolute atomic E-state index is 0.0888. The van der Waals surface area contributed by atoms with E-state index in [4.69, 9.17) is 52.1 Å². The summed E-state index contributed by atoms with van der Waals surface area (Å²) in [5.74, 6) is -0.577. The lowest BCUT2D eigenvalue weighted by Gasteiger charge is -2.37. The number of amides is 1. The molecule has 1 aliphatic heterocycles. The van der Waals surface area contributed by atoms with Crippen molar-refractivity contribution in [1.82, 2.24) is 9.80 Å². The Bertz CT molecular complexity index is 1180. The Kier molecular flexibility index (Phi) is 9.77. The fourth-order valence-corrected chi connectivity index (χ4v) is 6.10. The molecule has 0 aliphatic carbocycles. The van der Waals surface area contributed by atoms with Crippen molar-refractivity contribution in [2.45, 2.75) is 43.1 Å². The van der Waals surface area contributed by atoms with Crippen LogP contribution >= 0.6 is 46.4 Å². The fourth-order valence-electron chi connectivity index (χ4n) is 4.39. The van der Waals surface area contributed by atoms with Crippen LogP contribution in [-0.4, -0.2) is 61.9 Å². The number of carbonyl (C=O) groups excluding carboxylic acids is 1. The molecule has 1 amide bonds. The van der Waals surface area contributed by atoms with Crippen LogP contribution in [0.25, 0.3) is 0 Å². The van der Waals surface area contributed by atoms with Crippen LogP contribution in [0.3, 0.4) is 0 Å². The molecule has 1 heterocycles. The molecule has 1 aliphatic rings. The molecule has 192 valence electrons. The molecule has 3 unspecified atom stereocenters. The summed E-state index contributed by atoms with van der Waals surface area (Å²) in [5.41, 5.74) is 7.91. The Morgan fingerprint density at radius 2 is 1.71 bits per heavy atom. The highest BCUT2D eigenvalue weighted by Gasteiger charge is 2.33. The van der Waals surface area contributed by atoms with Gasteiger partial charge in [-0.05, 0) is 54.7 Å². The Balaban J connectivity index is 1.77. The van der Waals surface area contributed by atoms with Crippen LogP contribution in [0.4, 0.5) is 0 Å². The maximum atomic E-state index is 13.6. The van der Waals surface area contributed by atoms with E-state index >= 15 is 0 Å². The van der Waals surface area contributed by atoms with Gasteiger partial charge in [-0.25, -0.2) is 8.42 Å². The molecule has 1 fully saturated rings. The van der Waals surface area contributed by atoms with Gasteiger partial charge < -0.3 is 10.6 Å². The molecular formula is C24H29Cl4N3O3S. The third-order valence-corrected chi connectivity index (χ3v) is 9.56. The van der Waals surface area contributed by atoms with Gasteiger partial charge in [0.05, 0.1) is 37.4 Å². The summed E-state index contributed by atoms with van der Waals surface area (Å²) in [7, 11) is -1.40. The van der Waals surface area contributed by atoms with Gasteiger partial charge in [0.25, 0.3) is 0 Å². The Morgan fingerprint density at radius 1 is 1.09 bits per heavy atom. The maximum absolute atomic E-state index is 13.6. The van der Waals surface area contributed by atoms with Crippen LogP contribution in [0.5, 0.6) is 0 Å². The summed E-state index contributed by atoms with van der Waals surface area (Å²) in [6.45, 7) is 1.45. The molecule has 2 aromatic rings. The van der Waals surface area contributed by atoms with Gasteiger partial charge in [-0.3, -0.25) is 9.69 Å². The number of nitrogens with two attached hydrogens (primary N) is 1. The fraction of sp³-hybridized carbons (Fsp3) is 0.458. The first-order valence-electron chi connectivity index (χ1n) is 11.2. The molecule has 3 rings (SSSR count). The molecule has 0 radical (unpaired) electrons. The summed E-state index contributed by atoms with van der Waals surface area (Å²) < 4.78 is 23.9. The second-order valence-electron chi connectivity index (χ2n) is 9.04. The molecule has 0 aromatic heterocycles. The third-order valence-electron chi connectivity index (χ3n) is 6.45. The number of nitrogens with zero attached hydrogens (tertiary/aromatic N) is 2. The topological polar surface area (TPSA) is 83.7 Å². The average molecular weight is 581 g/mol. The van der Waals surface area contributed by atoms with E-state index in [1.807, 2.05) is 11.0 Å². The van der Waals surface area contributed by atoms with Crippen molar-refractivity contribution in [3.05, 3.63) is 67.6 Å². The molecule has 3 atom stereocenters. The van der Waals surface area contributed by atoms with Crippen LogP contribution in [0.1, 0.15) is 36.3 Å². The molecule has 2 N–H and O–H groups in total. The highest BCUT2D eigenvalue weighted by Crippen LogP contribution is 2.31. The number of sulfone groups is 1. The predicted octanol–water partition coefficient (Wildman–Crippen LogP) is 5.23. The summed E-state index contributed by atoms with van der Waals surface area (Å²) in [6, 6.07) is 10.5. The number of likely N-dealkylation sites (tertiary alicyclic amines) is 1. The number of benzene rings is 2. The van der Waals surface area contributed by atoms with E-state index in [9.17, 15) is 13.2 Å². The van der Waals surface area contributed by atoms with Crippen LogP contribution in [0, 0.1) is 0 Å². The van der Waals surface area contributed by atoms with E-state index in [-0.39, 0.29) is 12.1 Å². The second kappa shape index (κ2) is 12.0. The van der Waals surface area contributed by atoms with E-state index in [0.29, 0.717) is 59.0 Å². The lowest BCUT2D eigenvalue weighted by molar-refractivity contribution is -0.132. The van der Waals surface area contributed by atoms with E-state index in [0.717, 1.165) is 11.1 Å². The monoisotopic (exact) mass is 579 g/mol.